The van der Waals surface area contributed by atoms with Gasteiger partial charge in [-0.2, -0.15) is 0 Å². The average molecular weight is 339 g/mol. The van der Waals surface area contributed by atoms with Crippen LogP contribution in [0.4, 0.5) is 0 Å². The number of sulfone groups is 1. The minimum absolute atomic E-state index is 0.0288. The van der Waals surface area contributed by atoms with Gasteiger partial charge in [-0.3, -0.25) is 9.59 Å². The Morgan fingerprint density at radius 2 is 1.96 bits per heavy atom. The molecule has 1 aromatic rings. The number of hydrogen-bond donors (Lipinski definition) is 0. The Bertz CT molecular complexity index is 758. The molecular weight excluding hydrogens is 318 g/mol. The number of Topliss-reactive ketones (excluding diaryl/α,β-unsaturated/α-hetero) is 1. The first kappa shape index (κ1) is 16.2. The zero-order chi connectivity index (χ0) is 16.8. The quantitative estimate of drug-likeness (QED) is 0.601. The van der Waals surface area contributed by atoms with E-state index < -0.39 is 9.84 Å². The van der Waals surface area contributed by atoms with Gasteiger partial charge in [-0.1, -0.05) is 0 Å². The highest BCUT2D eigenvalue weighted by molar-refractivity contribution is 7.91. The second-order valence-corrected chi connectivity index (χ2v) is 8.75. The van der Waals surface area contributed by atoms with Gasteiger partial charge >= 0.3 is 5.97 Å². The van der Waals surface area contributed by atoms with Crippen molar-refractivity contribution in [2.45, 2.75) is 39.2 Å². The Hall–Kier alpha value is -1.63. The molecule has 1 aliphatic heterocycles. The van der Waals surface area contributed by atoms with Gasteiger partial charge in [-0.25, -0.2) is 8.42 Å². The minimum Gasteiger partial charge on any atom is -0.457 e. The highest BCUT2D eigenvalue weighted by atomic mass is 32.2. The number of esters is 1. The van der Waals surface area contributed by atoms with E-state index in [2.05, 4.69) is 0 Å². The largest absolute Gasteiger partial charge is 0.457 e. The molecule has 2 heterocycles. The maximum atomic E-state index is 12.3. The first-order valence-corrected chi connectivity index (χ1v) is 9.69. The fraction of sp³-hybridized carbons (Fsp3) is 0.625. The fourth-order valence-electron chi connectivity index (χ4n) is 3.25. The second-order valence-electron chi connectivity index (χ2n) is 6.52. The average Bonchev–Trinajstić information content (AvgIpc) is 3.21. The molecule has 0 spiro atoms. The van der Waals surface area contributed by atoms with Gasteiger partial charge in [-0.05, 0) is 39.2 Å². The van der Waals surface area contributed by atoms with Gasteiger partial charge in [0.05, 0.1) is 17.4 Å². The van der Waals surface area contributed by atoms with Crippen LogP contribution in [0.3, 0.4) is 0 Å². The summed E-state index contributed by atoms with van der Waals surface area (Å²) in [6, 6.07) is 1.64. The topological polar surface area (TPSA) is 82.4 Å². The Balaban J connectivity index is 1.74. The lowest BCUT2D eigenvalue weighted by atomic mass is 10.1. The molecule has 7 heteroatoms. The van der Waals surface area contributed by atoms with E-state index in [0.29, 0.717) is 12.0 Å². The van der Waals surface area contributed by atoms with Crippen LogP contribution in [-0.2, 0) is 19.4 Å². The summed E-state index contributed by atoms with van der Waals surface area (Å²) < 4.78 is 30.4. The number of nitrogens with zero attached hydrogens (tertiary/aromatic N) is 1. The lowest BCUT2D eigenvalue weighted by Gasteiger charge is -2.16. The van der Waals surface area contributed by atoms with Gasteiger partial charge in [0.2, 0.25) is 5.78 Å². The van der Waals surface area contributed by atoms with Crippen molar-refractivity contribution in [2.24, 2.45) is 5.92 Å². The van der Waals surface area contributed by atoms with Crippen LogP contribution >= 0.6 is 0 Å². The number of aromatic nitrogens is 1. The third-order valence-corrected chi connectivity index (χ3v) is 6.36. The summed E-state index contributed by atoms with van der Waals surface area (Å²) in [4.78, 5) is 23.8. The van der Waals surface area contributed by atoms with Crippen LogP contribution in [0, 0.1) is 19.8 Å². The normalized spacial score (nSPS) is 23.0. The zero-order valence-corrected chi connectivity index (χ0v) is 14.2. The molecule has 1 aliphatic carbocycles. The first-order chi connectivity index (χ1) is 10.8. The van der Waals surface area contributed by atoms with Crippen molar-refractivity contribution in [3.63, 3.8) is 0 Å². The number of rotatable bonds is 5. The summed E-state index contributed by atoms with van der Waals surface area (Å²) in [6.45, 7) is 3.43. The monoisotopic (exact) mass is 339 g/mol. The van der Waals surface area contributed by atoms with E-state index >= 15 is 0 Å². The van der Waals surface area contributed by atoms with Crippen molar-refractivity contribution in [1.82, 2.24) is 4.57 Å². The van der Waals surface area contributed by atoms with Gasteiger partial charge in [0.1, 0.15) is 0 Å². The van der Waals surface area contributed by atoms with Crippen LogP contribution in [0.25, 0.3) is 0 Å². The number of aryl methyl sites for hydroxylation is 1. The van der Waals surface area contributed by atoms with Gasteiger partial charge < -0.3 is 9.30 Å². The smallest absolute Gasteiger partial charge is 0.309 e. The highest BCUT2D eigenvalue weighted by Gasteiger charge is 2.33. The third kappa shape index (κ3) is 3.34. The highest BCUT2D eigenvalue weighted by Crippen LogP contribution is 2.31. The molecule has 0 radical (unpaired) electrons. The first-order valence-electron chi connectivity index (χ1n) is 7.87. The molecule has 2 aliphatic rings. The predicted molar refractivity (Wildman–Crippen MR) is 84.2 cm³/mol. The molecule has 0 aromatic carbocycles. The second kappa shape index (κ2) is 5.78. The maximum absolute atomic E-state index is 12.3. The van der Waals surface area contributed by atoms with Crippen LogP contribution < -0.4 is 0 Å². The number of hydrogen-bond acceptors (Lipinski definition) is 5. The van der Waals surface area contributed by atoms with E-state index in [9.17, 15) is 18.0 Å². The van der Waals surface area contributed by atoms with Crippen molar-refractivity contribution >= 4 is 21.6 Å². The van der Waals surface area contributed by atoms with E-state index in [1.165, 1.54) is 0 Å². The number of carbonyl (C=O) groups is 2. The van der Waals surface area contributed by atoms with Gasteiger partial charge in [0, 0.05) is 23.0 Å². The summed E-state index contributed by atoms with van der Waals surface area (Å²) in [5.41, 5.74) is 2.12. The molecule has 1 atom stereocenters. The maximum Gasteiger partial charge on any atom is 0.309 e. The summed E-state index contributed by atoms with van der Waals surface area (Å²) >= 11 is 0. The van der Waals surface area contributed by atoms with Crippen molar-refractivity contribution in [1.29, 1.82) is 0 Å². The van der Waals surface area contributed by atoms with Crippen molar-refractivity contribution < 1.29 is 22.7 Å². The summed E-state index contributed by atoms with van der Waals surface area (Å²) in [6.07, 6.45) is 2.26. The van der Waals surface area contributed by atoms with Crippen LogP contribution in [0.5, 0.6) is 0 Å². The molecule has 2 fully saturated rings. The lowest BCUT2D eigenvalue weighted by Crippen LogP contribution is -2.17. The van der Waals surface area contributed by atoms with Crippen LogP contribution in [0.15, 0.2) is 6.07 Å². The summed E-state index contributed by atoms with van der Waals surface area (Å²) in [5.74, 6) is -0.253. The molecule has 0 bridgehead atoms. The molecule has 1 saturated heterocycles. The molecule has 126 valence electrons. The van der Waals surface area contributed by atoms with Gasteiger partial charge in [0.15, 0.2) is 16.4 Å². The van der Waals surface area contributed by atoms with Gasteiger partial charge in [0.25, 0.3) is 0 Å². The number of ether oxygens (including phenoxy) is 1. The molecule has 1 aromatic heterocycles. The molecule has 23 heavy (non-hydrogen) atoms. The molecule has 1 saturated carbocycles. The van der Waals surface area contributed by atoms with Crippen molar-refractivity contribution in [2.75, 3.05) is 18.1 Å². The van der Waals surface area contributed by atoms with Crippen LogP contribution in [-0.4, -0.2) is 42.9 Å². The van der Waals surface area contributed by atoms with Crippen LogP contribution in [0.2, 0.25) is 0 Å². The summed E-state index contributed by atoms with van der Waals surface area (Å²) in [7, 11) is -2.99. The Labute approximate surface area is 135 Å². The third-order valence-electron chi connectivity index (χ3n) is 4.61. The van der Waals surface area contributed by atoms with E-state index in [4.69, 9.17) is 4.74 Å². The van der Waals surface area contributed by atoms with E-state index in [0.717, 1.165) is 24.2 Å². The molecule has 0 amide bonds. The van der Waals surface area contributed by atoms with E-state index in [1.54, 1.807) is 6.07 Å². The Kier molecular flexibility index (Phi) is 4.08. The van der Waals surface area contributed by atoms with Crippen molar-refractivity contribution in [3.05, 3.63) is 23.0 Å². The van der Waals surface area contributed by atoms with E-state index in [-0.39, 0.29) is 41.8 Å². The molecule has 1 unspecified atom stereocenters. The molecule has 3 rings (SSSR count). The SMILES string of the molecule is Cc1cc(C(=O)COC(=O)C2CC2)c(C)n1C1CCS(=O)(=O)C1. The Morgan fingerprint density at radius 1 is 1.26 bits per heavy atom. The fourth-order valence-corrected chi connectivity index (χ4v) is 4.95. The zero-order valence-electron chi connectivity index (χ0n) is 13.4. The van der Waals surface area contributed by atoms with Crippen LogP contribution in [0.1, 0.15) is 47.1 Å². The lowest BCUT2D eigenvalue weighted by molar-refractivity contribution is -0.144. The molecular formula is C16H21NO5S. The number of ketones is 1. The van der Waals surface area contributed by atoms with Gasteiger partial charge in [-0.15, -0.1) is 0 Å². The minimum atomic E-state index is -2.99. The standard InChI is InChI=1S/C16H21NO5S/c1-10-7-14(15(18)8-22-16(19)12-3-4-12)11(2)17(10)13-5-6-23(20,21)9-13/h7,12-13H,3-6,8-9H2,1-2H3. The molecule has 6 nitrogen and oxygen atoms in total. The van der Waals surface area contributed by atoms with E-state index in [1.807, 2.05) is 18.4 Å². The van der Waals surface area contributed by atoms with Crippen molar-refractivity contribution in [3.8, 4) is 0 Å². The number of carbonyl (C=O) groups excluding carboxylic acids is 2. The Morgan fingerprint density at radius 3 is 2.52 bits per heavy atom. The molecule has 0 N–H and O–H groups in total. The summed E-state index contributed by atoms with van der Waals surface area (Å²) in [5, 5.41) is 0. The predicted octanol–water partition coefficient (Wildman–Crippen LogP) is 1.60.